The van der Waals surface area contributed by atoms with Crippen LogP contribution in [0, 0.1) is 12.8 Å². The summed E-state index contributed by atoms with van der Waals surface area (Å²) in [6.45, 7) is 9.78. The second-order valence-corrected chi connectivity index (χ2v) is 9.61. The molecular weight excluding hydrogens is 450 g/mol. The van der Waals surface area contributed by atoms with E-state index in [2.05, 4.69) is 12.2 Å². The molecule has 1 N–H and O–H groups in total. The molecule has 0 saturated heterocycles. The van der Waals surface area contributed by atoms with Gasteiger partial charge in [-0.1, -0.05) is 56.7 Å². The fourth-order valence-corrected chi connectivity index (χ4v) is 4.26. The van der Waals surface area contributed by atoms with Gasteiger partial charge in [0.1, 0.15) is 12.4 Å². The number of aryl methyl sites for hydroxylation is 2. The minimum absolute atomic E-state index is 0.0696. The van der Waals surface area contributed by atoms with Gasteiger partial charge in [-0.05, 0) is 60.9 Å². The van der Waals surface area contributed by atoms with E-state index in [-0.39, 0.29) is 17.9 Å². The third kappa shape index (κ3) is 6.06. The number of rotatable bonds is 6. The van der Waals surface area contributed by atoms with Gasteiger partial charge in [0.2, 0.25) is 5.91 Å². The lowest BCUT2D eigenvalue weighted by Gasteiger charge is -2.26. The Kier molecular flexibility index (Phi) is 7.93. The molecule has 0 radical (unpaired) electrons. The van der Waals surface area contributed by atoms with Gasteiger partial charge < -0.3 is 19.9 Å². The van der Waals surface area contributed by atoms with Crippen molar-refractivity contribution in [1.29, 1.82) is 0 Å². The average Bonchev–Trinajstić information content (AvgIpc) is 3.10. The molecule has 3 aromatic rings. The lowest BCUT2D eigenvalue weighted by molar-refractivity contribution is -0.121. The number of carbonyl (C=O) groups is 2. The number of anilines is 2. The van der Waals surface area contributed by atoms with Crippen LogP contribution in [-0.2, 0) is 24.3 Å². The molecule has 6 nitrogen and oxygen atoms in total. The molecule has 36 heavy (non-hydrogen) atoms. The zero-order chi connectivity index (χ0) is 25.7. The molecule has 0 fully saturated rings. The van der Waals surface area contributed by atoms with E-state index in [4.69, 9.17) is 4.74 Å². The summed E-state index contributed by atoms with van der Waals surface area (Å²) in [7, 11) is 0. The molecule has 0 aromatic heterocycles. The van der Waals surface area contributed by atoms with E-state index < -0.39 is 0 Å². The quantitative estimate of drug-likeness (QED) is 0.454. The van der Waals surface area contributed by atoms with Crippen molar-refractivity contribution in [3.05, 3.63) is 89.0 Å². The first-order valence-electron chi connectivity index (χ1n) is 12.6. The Hall–Kier alpha value is -3.80. The Morgan fingerprint density at radius 3 is 2.36 bits per heavy atom. The highest BCUT2D eigenvalue weighted by atomic mass is 16.5. The smallest absolute Gasteiger partial charge is 0.322 e. The standard InChI is InChI=1S/C30H35N3O3/c1-5-23-8-11-26(12-9-23)31-30(35)32-16-17-36-28-15-10-24(18-25(28)20-32)19-33(29(34)21(2)3)27-13-6-22(4)7-14-27/h6-15,18,21H,5,16-17,19-20H2,1-4H3,(H,31,35). The molecule has 3 aromatic carbocycles. The number of nitrogens with zero attached hydrogens (tertiary/aromatic N) is 2. The highest BCUT2D eigenvalue weighted by molar-refractivity contribution is 5.94. The normalized spacial score (nSPS) is 13.0. The molecule has 1 aliphatic heterocycles. The van der Waals surface area contributed by atoms with Crippen molar-refractivity contribution in [3.63, 3.8) is 0 Å². The van der Waals surface area contributed by atoms with Crippen molar-refractivity contribution in [3.8, 4) is 5.75 Å². The number of hydrogen-bond acceptors (Lipinski definition) is 3. The Bertz CT molecular complexity index is 1200. The zero-order valence-corrected chi connectivity index (χ0v) is 21.6. The first-order valence-corrected chi connectivity index (χ1v) is 12.6. The first-order chi connectivity index (χ1) is 17.3. The highest BCUT2D eigenvalue weighted by Gasteiger charge is 2.23. The van der Waals surface area contributed by atoms with Crippen LogP contribution in [0.5, 0.6) is 5.75 Å². The van der Waals surface area contributed by atoms with E-state index in [1.54, 1.807) is 4.90 Å². The summed E-state index contributed by atoms with van der Waals surface area (Å²) in [6.07, 6.45) is 0.959. The summed E-state index contributed by atoms with van der Waals surface area (Å²) in [5, 5.41) is 3.00. The number of nitrogens with one attached hydrogen (secondary N) is 1. The van der Waals surface area contributed by atoms with Crippen LogP contribution < -0.4 is 15.0 Å². The zero-order valence-electron chi connectivity index (χ0n) is 21.6. The topological polar surface area (TPSA) is 61.9 Å². The number of urea groups is 1. The minimum atomic E-state index is -0.155. The van der Waals surface area contributed by atoms with Gasteiger partial charge in [-0.25, -0.2) is 4.79 Å². The summed E-state index contributed by atoms with van der Waals surface area (Å²) < 4.78 is 5.95. The van der Waals surface area contributed by atoms with Crippen LogP contribution in [0.2, 0.25) is 0 Å². The molecule has 0 unspecified atom stereocenters. The number of ether oxygens (including phenoxy) is 1. The summed E-state index contributed by atoms with van der Waals surface area (Å²) >= 11 is 0. The number of fused-ring (bicyclic) bond motifs is 1. The van der Waals surface area contributed by atoms with Crippen molar-refractivity contribution in [2.24, 2.45) is 5.92 Å². The van der Waals surface area contributed by atoms with Crippen molar-refractivity contribution >= 4 is 23.3 Å². The monoisotopic (exact) mass is 485 g/mol. The number of carbonyl (C=O) groups excluding carboxylic acids is 2. The highest BCUT2D eigenvalue weighted by Crippen LogP contribution is 2.27. The summed E-state index contributed by atoms with van der Waals surface area (Å²) in [5.74, 6) is 0.722. The van der Waals surface area contributed by atoms with Gasteiger partial charge in [-0.3, -0.25) is 4.79 Å². The number of amides is 3. The van der Waals surface area contributed by atoms with Gasteiger partial charge >= 0.3 is 6.03 Å². The maximum atomic E-state index is 13.1. The fourth-order valence-electron chi connectivity index (χ4n) is 4.26. The number of benzene rings is 3. The van der Waals surface area contributed by atoms with Crippen LogP contribution >= 0.6 is 0 Å². The van der Waals surface area contributed by atoms with Crippen LogP contribution in [0.25, 0.3) is 0 Å². The molecule has 0 saturated carbocycles. The van der Waals surface area contributed by atoms with Crippen molar-refractivity contribution in [2.75, 3.05) is 23.4 Å². The Balaban J connectivity index is 1.52. The van der Waals surface area contributed by atoms with Gasteiger partial charge in [0.15, 0.2) is 0 Å². The second kappa shape index (κ2) is 11.3. The molecule has 0 spiro atoms. The predicted molar refractivity (Wildman–Crippen MR) is 144 cm³/mol. The second-order valence-electron chi connectivity index (χ2n) is 9.61. The Labute approximate surface area is 213 Å². The van der Waals surface area contributed by atoms with Crippen LogP contribution in [0.4, 0.5) is 16.2 Å². The van der Waals surface area contributed by atoms with Crippen LogP contribution in [0.15, 0.2) is 66.7 Å². The molecule has 4 rings (SSSR count). The van der Waals surface area contributed by atoms with Crippen LogP contribution in [0.1, 0.15) is 43.0 Å². The van der Waals surface area contributed by atoms with Crippen molar-refractivity contribution < 1.29 is 14.3 Å². The van der Waals surface area contributed by atoms with E-state index in [0.717, 1.165) is 40.2 Å². The first kappa shape index (κ1) is 25.3. The van der Waals surface area contributed by atoms with Crippen molar-refractivity contribution in [2.45, 2.75) is 47.2 Å². The van der Waals surface area contributed by atoms with E-state index in [1.165, 1.54) is 5.56 Å². The largest absolute Gasteiger partial charge is 0.491 e. The number of hydrogen-bond donors (Lipinski definition) is 1. The lowest BCUT2D eigenvalue weighted by Crippen LogP contribution is -2.36. The molecule has 0 atom stereocenters. The van der Waals surface area contributed by atoms with Gasteiger partial charge in [0.05, 0.1) is 19.6 Å². The lowest BCUT2D eigenvalue weighted by atomic mass is 10.1. The Morgan fingerprint density at radius 2 is 1.69 bits per heavy atom. The molecule has 0 bridgehead atoms. The van der Waals surface area contributed by atoms with Gasteiger partial charge in [0, 0.05) is 22.9 Å². The molecule has 6 heteroatoms. The SMILES string of the molecule is CCc1ccc(NC(=O)N2CCOc3ccc(CN(C(=O)C(C)C)c4ccc(C)cc4)cc3C2)cc1. The fraction of sp³-hybridized carbons (Fsp3) is 0.333. The van der Waals surface area contributed by atoms with Gasteiger partial charge in [-0.15, -0.1) is 0 Å². The van der Waals surface area contributed by atoms with Crippen molar-refractivity contribution in [1.82, 2.24) is 4.90 Å². The summed E-state index contributed by atoms with van der Waals surface area (Å²) in [6, 6.07) is 21.8. The summed E-state index contributed by atoms with van der Waals surface area (Å²) in [4.78, 5) is 29.7. The third-order valence-electron chi connectivity index (χ3n) is 6.45. The predicted octanol–water partition coefficient (Wildman–Crippen LogP) is 6.17. The molecule has 0 aliphatic carbocycles. The molecule has 1 aliphatic rings. The Morgan fingerprint density at radius 1 is 1.00 bits per heavy atom. The van der Waals surface area contributed by atoms with Gasteiger partial charge in [-0.2, -0.15) is 0 Å². The third-order valence-corrected chi connectivity index (χ3v) is 6.45. The van der Waals surface area contributed by atoms with Crippen LogP contribution in [0.3, 0.4) is 0 Å². The molecule has 188 valence electrons. The van der Waals surface area contributed by atoms with E-state index >= 15 is 0 Å². The average molecular weight is 486 g/mol. The molecule has 3 amide bonds. The molecule has 1 heterocycles. The van der Waals surface area contributed by atoms with E-state index in [1.807, 2.05) is 92.4 Å². The maximum absolute atomic E-state index is 13.1. The minimum Gasteiger partial charge on any atom is -0.491 e. The summed E-state index contributed by atoms with van der Waals surface area (Å²) in [5.41, 5.74) is 5.95. The maximum Gasteiger partial charge on any atom is 0.322 e. The van der Waals surface area contributed by atoms with Gasteiger partial charge in [0.25, 0.3) is 0 Å². The van der Waals surface area contributed by atoms with E-state index in [0.29, 0.717) is 26.2 Å². The van der Waals surface area contributed by atoms with Crippen LogP contribution in [-0.4, -0.2) is 30.0 Å². The van der Waals surface area contributed by atoms with E-state index in [9.17, 15) is 9.59 Å². The molecular formula is C30H35N3O3.